The highest BCUT2D eigenvalue weighted by Crippen LogP contribution is 2.45. The molecule has 2 aromatic rings. The smallest absolute Gasteiger partial charge is 0.264 e. The Labute approximate surface area is 313 Å². The molecule has 51 heavy (non-hydrogen) atoms. The van der Waals surface area contributed by atoms with Crippen LogP contribution in [0.3, 0.4) is 0 Å². The Morgan fingerprint density at radius 2 is 1.96 bits per heavy atom. The Balaban J connectivity index is 1.67. The Hall–Kier alpha value is -2.66. The molecule has 1 aromatic carbocycles. The number of anilines is 1. The lowest BCUT2D eigenvalue weighted by Crippen LogP contribution is -2.50. The van der Waals surface area contributed by atoms with Crippen LogP contribution in [0.4, 0.5) is 5.69 Å². The normalized spacial score (nSPS) is 19.9. The Bertz CT molecular complexity index is 1640. The summed E-state index contributed by atoms with van der Waals surface area (Å²) in [5.41, 5.74) is 2.98. The molecule has 1 aromatic heterocycles. The van der Waals surface area contributed by atoms with Crippen molar-refractivity contribution in [1.29, 1.82) is 0 Å². The van der Waals surface area contributed by atoms with Gasteiger partial charge in [0, 0.05) is 29.9 Å². The molecule has 2 aliphatic rings. The van der Waals surface area contributed by atoms with Gasteiger partial charge in [-0.3, -0.25) is 4.79 Å². The van der Waals surface area contributed by atoms with Gasteiger partial charge in [-0.25, -0.2) is 18.1 Å². The fourth-order valence-corrected chi connectivity index (χ4v) is 8.93. The molecule has 1 amide bonds. The second kappa shape index (κ2) is 17.9. The van der Waals surface area contributed by atoms with Crippen LogP contribution in [0, 0.1) is 11.8 Å². The zero-order chi connectivity index (χ0) is 37.4. The first kappa shape index (κ1) is 41.1. The highest BCUT2D eigenvalue weighted by molar-refractivity contribution is 7.90. The number of rotatable bonds is 14. The molecule has 0 spiro atoms. The summed E-state index contributed by atoms with van der Waals surface area (Å²) in [4.78, 5) is 20.5. The lowest BCUT2D eigenvalue weighted by molar-refractivity contribution is 0.0530. The van der Waals surface area contributed by atoms with E-state index in [2.05, 4.69) is 74.1 Å². The number of hydrogen-bond acceptors (Lipinski definition) is 7. The van der Waals surface area contributed by atoms with Crippen LogP contribution in [0.25, 0.3) is 0 Å². The van der Waals surface area contributed by atoms with Crippen LogP contribution in [0.15, 0.2) is 55.1 Å². The lowest BCUT2D eigenvalue weighted by Gasteiger charge is -2.47. The summed E-state index contributed by atoms with van der Waals surface area (Å²) in [5, 5.41) is -0.166. The van der Waals surface area contributed by atoms with Crippen molar-refractivity contribution < 1.29 is 22.4 Å². The quantitative estimate of drug-likeness (QED) is 0.116. The minimum absolute atomic E-state index is 0.0477. The second-order valence-corrected chi connectivity index (χ2v) is 23.1. The molecule has 2 heterocycles. The van der Waals surface area contributed by atoms with Crippen molar-refractivity contribution >= 4 is 41.5 Å². The standard InChI is InChI=1S/C40H60ClN3O5SSi/c1-9-11-13-18-36(49-51(7,8)40(4,5)6)33-22-19-31(33)27-44-25-15-14-17-34-32(21-24-38(41)42-34)28-48-37-23-20-30(26-35(37)44)39(45)43-50(46,47)29(3)16-12-10-2/h10,13,18,20-21,23-24,26,29,31,33,36H,2,9,11-12,14-17,19,22,25,27-28H2,1,3-8H3,(H,43,45)/b18-13+/t29-,31+,33-,36+/m1/s1. The number of pyridine rings is 1. The largest absolute Gasteiger partial charge is 0.487 e. The molecule has 1 fully saturated rings. The van der Waals surface area contributed by atoms with Gasteiger partial charge in [0.1, 0.15) is 17.5 Å². The third kappa shape index (κ3) is 10.9. The van der Waals surface area contributed by atoms with Crippen LogP contribution in [0.2, 0.25) is 23.3 Å². The van der Waals surface area contributed by atoms with E-state index in [-0.39, 0.29) is 16.7 Å². The summed E-state index contributed by atoms with van der Waals surface area (Å²) in [6.07, 6.45) is 14.2. The van der Waals surface area contributed by atoms with Crippen LogP contribution < -0.4 is 14.4 Å². The number of aryl methyl sites for hydroxylation is 1. The molecule has 1 aliphatic heterocycles. The number of nitrogens with one attached hydrogen (secondary N) is 1. The van der Waals surface area contributed by atoms with E-state index in [0.717, 1.165) is 75.0 Å². The van der Waals surface area contributed by atoms with E-state index in [1.807, 2.05) is 6.07 Å². The summed E-state index contributed by atoms with van der Waals surface area (Å²) in [7, 11) is -5.91. The highest BCUT2D eigenvalue weighted by atomic mass is 35.5. The van der Waals surface area contributed by atoms with Gasteiger partial charge in [-0.05, 0) is 113 Å². The Morgan fingerprint density at radius 1 is 1.20 bits per heavy atom. The number of unbranched alkanes of at least 4 members (excludes halogenated alkanes) is 1. The van der Waals surface area contributed by atoms with Crippen molar-refractivity contribution in [2.45, 2.75) is 128 Å². The topological polar surface area (TPSA) is 97.8 Å². The van der Waals surface area contributed by atoms with E-state index in [1.54, 1.807) is 37.3 Å². The number of halogens is 1. The summed E-state index contributed by atoms with van der Waals surface area (Å²) in [5.74, 6) is 0.751. The highest BCUT2D eigenvalue weighted by Gasteiger charge is 2.44. The SMILES string of the molecule is C=CCC[C@@H](C)S(=O)(=O)NC(=O)c1ccc2c(c1)N(C[C@@H]1CC[C@H]1[C@H](/C=C/CCC)O[Si](C)(C)C(C)(C)C)CCCCc1nc(Cl)ccc1CO2. The number of sulfonamides is 1. The summed E-state index contributed by atoms with van der Waals surface area (Å²) in [6.45, 7) is 20.9. The molecule has 0 saturated heterocycles. The molecule has 1 N–H and O–H groups in total. The molecule has 1 saturated carbocycles. The van der Waals surface area contributed by atoms with E-state index in [1.165, 1.54) is 0 Å². The number of amides is 1. The number of aromatic nitrogens is 1. The van der Waals surface area contributed by atoms with Gasteiger partial charge < -0.3 is 14.1 Å². The average Bonchev–Trinajstić information content (AvgIpc) is 3.07. The molecule has 1 aliphatic carbocycles. The predicted octanol–water partition coefficient (Wildman–Crippen LogP) is 9.64. The van der Waals surface area contributed by atoms with E-state index in [0.29, 0.717) is 42.2 Å². The third-order valence-corrected chi connectivity index (χ3v) is 17.4. The number of fused-ring (bicyclic) bond motifs is 2. The number of allylic oxidation sites excluding steroid dienone is 2. The minimum Gasteiger partial charge on any atom is -0.487 e. The molecule has 0 radical (unpaired) electrons. The van der Waals surface area contributed by atoms with Gasteiger partial charge >= 0.3 is 0 Å². The van der Waals surface area contributed by atoms with Gasteiger partial charge in [0.05, 0.1) is 17.0 Å². The molecule has 4 atom stereocenters. The lowest BCUT2D eigenvalue weighted by atomic mass is 9.70. The second-order valence-electron chi connectivity index (χ2n) is 15.8. The fraction of sp³-hybridized carbons (Fsp3) is 0.600. The molecule has 11 heteroatoms. The van der Waals surface area contributed by atoms with Crippen molar-refractivity contribution in [2.24, 2.45) is 11.8 Å². The number of hydrogen-bond donors (Lipinski definition) is 1. The third-order valence-electron chi connectivity index (χ3n) is 11.0. The Kier molecular flexibility index (Phi) is 14.4. The molecular weight excluding hydrogens is 698 g/mol. The monoisotopic (exact) mass is 757 g/mol. The van der Waals surface area contributed by atoms with Crippen LogP contribution >= 0.6 is 11.6 Å². The summed E-state index contributed by atoms with van der Waals surface area (Å²) < 4.78 is 42.0. The molecule has 0 bridgehead atoms. The predicted molar refractivity (Wildman–Crippen MR) is 213 cm³/mol. The van der Waals surface area contributed by atoms with Crippen LogP contribution in [0.5, 0.6) is 5.75 Å². The van der Waals surface area contributed by atoms with Gasteiger partial charge in [0.2, 0.25) is 10.0 Å². The average molecular weight is 759 g/mol. The zero-order valence-corrected chi connectivity index (χ0v) is 34.4. The molecule has 282 valence electrons. The Morgan fingerprint density at radius 3 is 2.63 bits per heavy atom. The van der Waals surface area contributed by atoms with Crippen LogP contribution in [0.1, 0.15) is 108 Å². The van der Waals surface area contributed by atoms with Gasteiger partial charge in [-0.2, -0.15) is 0 Å². The van der Waals surface area contributed by atoms with Crippen LogP contribution in [-0.2, 0) is 27.5 Å². The number of benzene rings is 1. The summed E-state index contributed by atoms with van der Waals surface area (Å²) >= 11 is 6.28. The van der Waals surface area contributed by atoms with Gasteiger partial charge in [0.25, 0.3) is 5.91 Å². The van der Waals surface area contributed by atoms with E-state index in [9.17, 15) is 13.2 Å². The van der Waals surface area contributed by atoms with Gasteiger partial charge in [-0.1, -0.05) is 70.0 Å². The first-order valence-electron chi connectivity index (χ1n) is 18.7. The van der Waals surface area contributed by atoms with Crippen molar-refractivity contribution in [3.05, 3.63) is 77.1 Å². The minimum atomic E-state index is -3.87. The number of ether oxygens (including phenoxy) is 1. The number of nitrogens with zero attached hydrogens (tertiary/aromatic N) is 2. The van der Waals surface area contributed by atoms with Crippen molar-refractivity contribution in [3.63, 3.8) is 0 Å². The molecule has 4 rings (SSSR count). The van der Waals surface area contributed by atoms with Crippen molar-refractivity contribution in [3.8, 4) is 5.75 Å². The maximum absolute atomic E-state index is 13.5. The van der Waals surface area contributed by atoms with Gasteiger partial charge in [-0.15, -0.1) is 6.58 Å². The molecule has 0 unspecified atom stereocenters. The summed E-state index contributed by atoms with van der Waals surface area (Å²) in [6, 6.07) is 8.99. The zero-order valence-electron chi connectivity index (χ0n) is 31.8. The van der Waals surface area contributed by atoms with E-state index in [4.69, 9.17) is 20.8 Å². The maximum Gasteiger partial charge on any atom is 0.264 e. The first-order valence-corrected chi connectivity index (χ1v) is 23.6. The van der Waals surface area contributed by atoms with Gasteiger partial charge in [0.15, 0.2) is 8.32 Å². The van der Waals surface area contributed by atoms with Crippen molar-refractivity contribution in [2.75, 3.05) is 18.0 Å². The fourth-order valence-electron chi connectivity index (χ4n) is 6.46. The van der Waals surface area contributed by atoms with Crippen molar-refractivity contribution in [1.82, 2.24) is 9.71 Å². The first-order chi connectivity index (χ1) is 24.1. The van der Waals surface area contributed by atoms with E-state index < -0.39 is 29.5 Å². The number of carbonyl (C=O) groups is 1. The van der Waals surface area contributed by atoms with E-state index >= 15 is 0 Å². The maximum atomic E-state index is 13.5. The molecular formula is C40H60ClN3O5SSi. The molecule has 8 nitrogen and oxygen atoms in total. The van der Waals surface area contributed by atoms with Crippen LogP contribution in [-0.4, -0.2) is 52.1 Å². The number of carbonyl (C=O) groups excluding carboxylic acids is 1.